The number of rotatable bonds is 10. The van der Waals surface area contributed by atoms with Gasteiger partial charge in [0.25, 0.3) is 5.91 Å². The number of fused-ring (bicyclic) bond motifs is 4. The summed E-state index contributed by atoms with van der Waals surface area (Å²) in [6.07, 6.45) is 3.07. The van der Waals surface area contributed by atoms with E-state index in [2.05, 4.69) is 36.2 Å². The van der Waals surface area contributed by atoms with Gasteiger partial charge in [0.2, 0.25) is 5.91 Å². The van der Waals surface area contributed by atoms with Crippen LogP contribution in [-0.4, -0.2) is 68.6 Å². The van der Waals surface area contributed by atoms with Gasteiger partial charge >= 0.3 is 0 Å². The van der Waals surface area contributed by atoms with Gasteiger partial charge in [-0.25, -0.2) is 0 Å². The minimum Gasteiger partial charge on any atom is -0.493 e. The molecule has 0 saturated heterocycles. The van der Waals surface area contributed by atoms with Crippen LogP contribution in [0.2, 0.25) is 0 Å². The zero-order valence-electron chi connectivity index (χ0n) is 21.3. The van der Waals surface area contributed by atoms with Crippen LogP contribution < -0.4 is 14.8 Å². The number of benzene rings is 2. The van der Waals surface area contributed by atoms with E-state index in [1.165, 1.54) is 5.56 Å². The summed E-state index contributed by atoms with van der Waals surface area (Å²) >= 11 is 0. The van der Waals surface area contributed by atoms with E-state index in [-0.39, 0.29) is 17.9 Å². The summed E-state index contributed by atoms with van der Waals surface area (Å²) in [5.74, 6) is 0.343. The van der Waals surface area contributed by atoms with Crippen molar-refractivity contribution in [2.45, 2.75) is 45.1 Å². The molecule has 2 amide bonds. The number of methoxy groups -OCH3 is 2. The van der Waals surface area contributed by atoms with Gasteiger partial charge in [0.05, 0.1) is 26.2 Å². The van der Waals surface area contributed by atoms with Crippen LogP contribution in [0.25, 0.3) is 0 Å². The maximum Gasteiger partial charge on any atom is 0.254 e. The van der Waals surface area contributed by atoms with Crippen molar-refractivity contribution in [3.63, 3.8) is 0 Å². The molecule has 2 atom stereocenters. The first kappa shape index (κ1) is 25.0. The van der Waals surface area contributed by atoms with Crippen molar-refractivity contribution in [1.82, 2.24) is 15.1 Å². The van der Waals surface area contributed by atoms with Gasteiger partial charge < -0.3 is 24.6 Å². The Labute approximate surface area is 208 Å². The van der Waals surface area contributed by atoms with Crippen LogP contribution in [-0.2, 0) is 11.2 Å². The quantitative estimate of drug-likeness (QED) is 0.562. The van der Waals surface area contributed by atoms with Gasteiger partial charge in [-0.05, 0) is 54.8 Å². The highest BCUT2D eigenvalue weighted by Crippen LogP contribution is 2.48. The van der Waals surface area contributed by atoms with Gasteiger partial charge in [-0.3, -0.25) is 9.59 Å². The van der Waals surface area contributed by atoms with Crippen molar-refractivity contribution >= 4 is 11.8 Å². The number of unbranched alkanes of at least 4 members (excludes halogenated alkanes) is 1. The summed E-state index contributed by atoms with van der Waals surface area (Å²) < 4.78 is 11.0. The molecule has 0 unspecified atom stereocenters. The Morgan fingerprint density at radius 1 is 1.09 bits per heavy atom. The summed E-state index contributed by atoms with van der Waals surface area (Å²) in [5.41, 5.74) is 3.45. The van der Waals surface area contributed by atoms with E-state index in [0.29, 0.717) is 35.7 Å². The van der Waals surface area contributed by atoms with E-state index in [0.717, 1.165) is 44.5 Å². The van der Waals surface area contributed by atoms with Gasteiger partial charge in [-0.15, -0.1) is 0 Å². The lowest BCUT2D eigenvalue weighted by atomic mass is 9.75. The highest BCUT2D eigenvalue weighted by atomic mass is 16.5. The van der Waals surface area contributed by atoms with Crippen molar-refractivity contribution in [1.29, 1.82) is 0 Å². The lowest BCUT2D eigenvalue weighted by molar-refractivity contribution is -0.124. The predicted octanol–water partition coefficient (Wildman–Crippen LogP) is 3.78. The molecule has 0 bridgehead atoms. The van der Waals surface area contributed by atoms with Gasteiger partial charge in [-0.2, -0.15) is 0 Å². The van der Waals surface area contributed by atoms with E-state index in [4.69, 9.17) is 9.47 Å². The second-order valence-corrected chi connectivity index (χ2v) is 9.24. The Bertz CT molecular complexity index is 1070. The number of nitrogens with one attached hydrogen (secondary N) is 1. The van der Waals surface area contributed by atoms with Gasteiger partial charge in [-0.1, -0.05) is 44.5 Å². The van der Waals surface area contributed by atoms with Crippen molar-refractivity contribution in [2.24, 2.45) is 0 Å². The lowest BCUT2D eigenvalue weighted by Crippen LogP contribution is -2.50. The monoisotopic (exact) mass is 479 g/mol. The van der Waals surface area contributed by atoms with Crippen LogP contribution in [0, 0.1) is 0 Å². The molecule has 188 valence electrons. The molecule has 0 saturated carbocycles. The number of carbonyl (C=O) groups excluding carboxylic acids is 2. The van der Waals surface area contributed by atoms with Crippen LogP contribution in [0.1, 0.15) is 65.7 Å². The highest BCUT2D eigenvalue weighted by Gasteiger charge is 2.46. The Morgan fingerprint density at radius 3 is 2.54 bits per heavy atom. The van der Waals surface area contributed by atoms with Crippen LogP contribution in [0.5, 0.6) is 11.5 Å². The lowest BCUT2D eigenvalue weighted by Gasteiger charge is -2.45. The molecule has 0 fully saturated rings. The molecule has 2 aliphatic rings. The number of nitrogens with zero attached hydrogens (tertiary/aromatic N) is 2. The SMILES string of the molecule is CCCCN(CC)CCNC(=O)[C@H]1c2cc(OC)c(OC)cc2C(=O)N2CCc3ccccc3[C@@H]12. The molecule has 0 aromatic heterocycles. The molecule has 2 aliphatic heterocycles. The number of ether oxygens (including phenoxy) is 2. The number of likely N-dealkylation sites (N-methyl/N-ethyl adjacent to an activating group) is 1. The maximum atomic E-state index is 13.8. The molecule has 0 spiro atoms. The number of hydrogen-bond acceptors (Lipinski definition) is 5. The Kier molecular flexibility index (Phi) is 7.96. The molecule has 2 aromatic rings. The molecule has 4 rings (SSSR count). The summed E-state index contributed by atoms with van der Waals surface area (Å²) in [7, 11) is 3.13. The van der Waals surface area contributed by atoms with Crippen molar-refractivity contribution in [3.05, 3.63) is 58.7 Å². The van der Waals surface area contributed by atoms with E-state index in [9.17, 15) is 9.59 Å². The third kappa shape index (κ3) is 4.87. The van der Waals surface area contributed by atoms with Crippen LogP contribution in [0.4, 0.5) is 0 Å². The Hall–Kier alpha value is -3.06. The summed E-state index contributed by atoms with van der Waals surface area (Å²) in [6.45, 7) is 8.28. The molecule has 35 heavy (non-hydrogen) atoms. The first-order chi connectivity index (χ1) is 17.0. The summed E-state index contributed by atoms with van der Waals surface area (Å²) in [6, 6.07) is 11.3. The van der Waals surface area contributed by atoms with Crippen molar-refractivity contribution in [3.8, 4) is 11.5 Å². The molecule has 7 nitrogen and oxygen atoms in total. The molecule has 2 heterocycles. The summed E-state index contributed by atoms with van der Waals surface area (Å²) in [5, 5.41) is 3.19. The van der Waals surface area contributed by atoms with Gasteiger partial charge in [0.15, 0.2) is 11.5 Å². The number of hydrogen-bond donors (Lipinski definition) is 1. The first-order valence-corrected chi connectivity index (χ1v) is 12.7. The molecule has 0 aliphatic carbocycles. The zero-order valence-corrected chi connectivity index (χ0v) is 21.3. The molecular weight excluding hydrogens is 442 g/mol. The molecule has 1 N–H and O–H groups in total. The zero-order chi connectivity index (χ0) is 24.9. The smallest absolute Gasteiger partial charge is 0.254 e. The average Bonchev–Trinajstić information content (AvgIpc) is 2.89. The predicted molar refractivity (Wildman–Crippen MR) is 136 cm³/mol. The standard InChI is InChI=1S/C28H37N3O4/c1-5-7-14-30(6-2)16-13-29-27(32)25-21-17-23(34-3)24(35-4)18-22(21)28(33)31-15-12-19-10-8-9-11-20(19)26(25)31/h8-11,17-18,25-26H,5-7,12-16H2,1-4H3,(H,29,32)/t25-,26-/m0/s1. The third-order valence-electron chi connectivity index (χ3n) is 7.31. The van der Waals surface area contributed by atoms with Gasteiger partial charge in [0, 0.05) is 25.2 Å². The normalized spacial score (nSPS) is 18.5. The van der Waals surface area contributed by atoms with Crippen LogP contribution in [0.3, 0.4) is 0 Å². The molecule has 2 aromatic carbocycles. The van der Waals surface area contributed by atoms with Crippen LogP contribution in [0.15, 0.2) is 36.4 Å². The minimum atomic E-state index is -0.533. The van der Waals surface area contributed by atoms with Gasteiger partial charge in [0.1, 0.15) is 0 Å². The second kappa shape index (κ2) is 11.1. The molecule has 0 radical (unpaired) electrons. The fraction of sp³-hybridized carbons (Fsp3) is 0.500. The van der Waals surface area contributed by atoms with E-state index in [1.54, 1.807) is 20.3 Å². The molecule has 7 heteroatoms. The Morgan fingerprint density at radius 2 is 1.83 bits per heavy atom. The van der Waals surface area contributed by atoms with Crippen molar-refractivity contribution in [2.75, 3.05) is 46.9 Å². The fourth-order valence-corrected chi connectivity index (χ4v) is 5.39. The average molecular weight is 480 g/mol. The van der Waals surface area contributed by atoms with E-state index >= 15 is 0 Å². The fourth-order valence-electron chi connectivity index (χ4n) is 5.39. The number of amides is 2. The largest absolute Gasteiger partial charge is 0.493 e. The van der Waals surface area contributed by atoms with Crippen molar-refractivity contribution < 1.29 is 19.1 Å². The number of carbonyl (C=O) groups is 2. The van der Waals surface area contributed by atoms with E-state index < -0.39 is 5.92 Å². The van der Waals surface area contributed by atoms with E-state index in [1.807, 2.05) is 23.1 Å². The summed E-state index contributed by atoms with van der Waals surface area (Å²) in [4.78, 5) is 31.7. The Balaban J connectivity index is 1.70. The molecular formula is C28H37N3O4. The van der Waals surface area contributed by atoms with Crippen LogP contribution >= 0.6 is 0 Å². The second-order valence-electron chi connectivity index (χ2n) is 9.24. The third-order valence-corrected chi connectivity index (χ3v) is 7.31. The topological polar surface area (TPSA) is 71.1 Å². The maximum absolute atomic E-state index is 13.8. The highest BCUT2D eigenvalue weighted by molar-refractivity contribution is 6.02. The first-order valence-electron chi connectivity index (χ1n) is 12.7. The minimum absolute atomic E-state index is 0.0655.